The van der Waals surface area contributed by atoms with Crippen molar-refractivity contribution in [2.75, 3.05) is 0 Å². The second-order valence-electron chi connectivity index (χ2n) is 6.72. The Kier molecular flexibility index (Phi) is 5.27. The molecule has 9 heteroatoms. The first-order chi connectivity index (χ1) is 13.5. The third-order valence-corrected chi connectivity index (χ3v) is 5.84. The van der Waals surface area contributed by atoms with Gasteiger partial charge >= 0.3 is 0 Å². The molecule has 6 nitrogen and oxygen atoms in total. The van der Waals surface area contributed by atoms with Crippen LogP contribution in [0.5, 0.6) is 0 Å². The second-order valence-corrected chi connectivity index (χ2v) is 8.54. The number of fused-ring (bicyclic) bond motifs is 1. The van der Waals surface area contributed by atoms with Crippen LogP contribution in [0.25, 0.3) is 16.3 Å². The van der Waals surface area contributed by atoms with Crippen LogP contribution in [0.4, 0.5) is 4.39 Å². The van der Waals surface area contributed by atoms with E-state index in [2.05, 4.69) is 29.0 Å². The Bertz CT molecular complexity index is 1180. The Hall–Kier alpha value is -2.52. The molecule has 1 aromatic carbocycles. The fraction of sp³-hybridized carbons (Fsp3) is 0.263. The lowest BCUT2D eigenvalue weighted by molar-refractivity contribution is 0.496. The topological polar surface area (TPSA) is 65.1 Å². The number of nitrogens with zero attached hydrogens (tertiary/aromatic N) is 5. The van der Waals surface area contributed by atoms with Gasteiger partial charge in [0, 0.05) is 29.9 Å². The van der Waals surface area contributed by atoms with E-state index in [0.29, 0.717) is 45.4 Å². The molecule has 0 aliphatic heterocycles. The highest BCUT2D eigenvalue weighted by molar-refractivity contribution is 7.98. The summed E-state index contributed by atoms with van der Waals surface area (Å²) < 4.78 is 17.7. The van der Waals surface area contributed by atoms with Gasteiger partial charge in [0.15, 0.2) is 15.9 Å². The average molecular weight is 416 g/mol. The monoisotopic (exact) mass is 415 g/mol. The molecule has 0 saturated carbocycles. The smallest absolute Gasteiger partial charge is 0.258 e. The first-order valence-electron chi connectivity index (χ1n) is 8.79. The van der Waals surface area contributed by atoms with E-state index in [0.717, 1.165) is 0 Å². The number of aromatic nitrogens is 5. The van der Waals surface area contributed by atoms with Crippen LogP contribution in [-0.2, 0) is 12.3 Å². The molecule has 0 bridgehead atoms. The minimum Gasteiger partial charge on any atom is -0.302 e. The van der Waals surface area contributed by atoms with E-state index in [1.165, 1.54) is 39.6 Å². The summed E-state index contributed by atoms with van der Waals surface area (Å²) in [6, 6.07) is 8.10. The molecule has 28 heavy (non-hydrogen) atoms. The number of benzene rings is 1. The fourth-order valence-corrected chi connectivity index (χ4v) is 4.45. The Morgan fingerprint density at radius 1 is 1.25 bits per heavy atom. The highest BCUT2D eigenvalue weighted by Gasteiger charge is 2.18. The van der Waals surface area contributed by atoms with Crippen LogP contribution in [0.15, 0.2) is 51.9 Å². The van der Waals surface area contributed by atoms with Crippen LogP contribution in [0.3, 0.4) is 0 Å². The molecule has 0 atom stereocenters. The zero-order chi connectivity index (χ0) is 19.7. The normalized spacial score (nSPS) is 11.6. The second kappa shape index (κ2) is 7.84. The maximum absolute atomic E-state index is 14.3. The van der Waals surface area contributed by atoms with Crippen molar-refractivity contribution in [2.24, 2.45) is 5.92 Å². The Morgan fingerprint density at radius 2 is 2.07 bits per heavy atom. The number of thiazole rings is 1. The van der Waals surface area contributed by atoms with E-state index in [4.69, 9.17) is 0 Å². The predicted octanol–water partition coefficient (Wildman–Crippen LogP) is 4.10. The standard InChI is InChI=1S/C19H18FN5OS2/c1-12(2)10-25-17(14-5-3-4-6-15(14)20)22-23-19(25)28-11-13-9-16(26)24-7-8-27-18(24)21-13/h3-9,12H,10-11H2,1-2H3. The number of thioether (sulfide) groups is 1. The maximum Gasteiger partial charge on any atom is 0.258 e. The van der Waals surface area contributed by atoms with Gasteiger partial charge in [-0.1, -0.05) is 37.7 Å². The van der Waals surface area contributed by atoms with E-state index in [-0.39, 0.29) is 11.4 Å². The van der Waals surface area contributed by atoms with Crippen molar-refractivity contribution >= 4 is 28.1 Å². The molecule has 4 rings (SSSR count). The SMILES string of the molecule is CC(C)Cn1c(SCc2cc(=O)n3ccsc3n2)nnc1-c1ccccc1F. The summed E-state index contributed by atoms with van der Waals surface area (Å²) in [5.41, 5.74) is 1.01. The van der Waals surface area contributed by atoms with Gasteiger partial charge in [0.05, 0.1) is 11.3 Å². The molecule has 0 radical (unpaired) electrons. The van der Waals surface area contributed by atoms with Gasteiger partial charge in [-0.15, -0.1) is 21.5 Å². The minimum absolute atomic E-state index is 0.0995. The molecule has 144 valence electrons. The van der Waals surface area contributed by atoms with Crippen molar-refractivity contribution < 1.29 is 4.39 Å². The minimum atomic E-state index is -0.325. The number of rotatable bonds is 6. The first-order valence-corrected chi connectivity index (χ1v) is 10.7. The summed E-state index contributed by atoms with van der Waals surface area (Å²) in [7, 11) is 0. The highest BCUT2D eigenvalue weighted by Crippen LogP contribution is 2.28. The van der Waals surface area contributed by atoms with Crippen molar-refractivity contribution in [3.63, 3.8) is 0 Å². The molecular weight excluding hydrogens is 397 g/mol. The summed E-state index contributed by atoms with van der Waals surface area (Å²) in [5, 5.41) is 11.0. The largest absolute Gasteiger partial charge is 0.302 e. The number of hydrogen-bond acceptors (Lipinski definition) is 6. The highest BCUT2D eigenvalue weighted by atomic mass is 32.2. The molecule has 0 fully saturated rings. The molecule has 0 aliphatic carbocycles. The van der Waals surface area contributed by atoms with Gasteiger partial charge in [-0.3, -0.25) is 9.20 Å². The zero-order valence-corrected chi connectivity index (χ0v) is 17.0. The van der Waals surface area contributed by atoms with Crippen LogP contribution in [0.2, 0.25) is 0 Å². The van der Waals surface area contributed by atoms with Crippen LogP contribution in [-0.4, -0.2) is 24.1 Å². The zero-order valence-electron chi connectivity index (χ0n) is 15.4. The third-order valence-electron chi connectivity index (χ3n) is 4.08. The Labute approximate surface area is 169 Å². The first kappa shape index (κ1) is 18.8. The quantitative estimate of drug-likeness (QED) is 0.444. The van der Waals surface area contributed by atoms with Crippen LogP contribution >= 0.6 is 23.1 Å². The van der Waals surface area contributed by atoms with E-state index < -0.39 is 0 Å². The van der Waals surface area contributed by atoms with Crippen LogP contribution in [0, 0.1) is 11.7 Å². The Morgan fingerprint density at radius 3 is 2.86 bits per heavy atom. The molecular formula is C19H18FN5OS2. The molecule has 3 heterocycles. The lowest BCUT2D eigenvalue weighted by Gasteiger charge is -2.12. The summed E-state index contributed by atoms with van der Waals surface area (Å²) >= 11 is 2.86. The molecule has 0 saturated heterocycles. The van der Waals surface area contributed by atoms with Gasteiger partial charge in [-0.25, -0.2) is 9.37 Å². The van der Waals surface area contributed by atoms with Crippen molar-refractivity contribution in [1.29, 1.82) is 0 Å². The van der Waals surface area contributed by atoms with Gasteiger partial charge in [0.2, 0.25) is 0 Å². The van der Waals surface area contributed by atoms with Crippen molar-refractivity contribution in [2.45, 2.75) is 31.3 Å². The average Bonchev–Trinajstić information content (AvgIpc) is 3.27. The van der Waals surface area contributed by atoms with Crippen molar-refractivity contribution in [1.82, 2.24) is 24.1 Å². The van der Waals surface area contributed by atoms with Crippen LogP contribution in [0.1, 0.15) is 19.5 Å². The Balaban J connectivity index is 1.65. The van der Waals surface area contributed by atoms with E-state index in [1.807, 2.05) is 9.95 Å². The van der Waals surface area contributed by atoms with Gasteiger partial charge < -0.3 is 4.57 Å². The maximum atomic E-state index is 14.3. The summed E-state index contributed by atoms with van der Waals surface area (Å²) in [5.74, 6) is 1.01. The lowest BCUT2D eigenvalue weighted by atomic mass is 10.2. The summed E-state index contributed by atoms with van der Waals surface area (Å²) in [6.07, 6.45) is 1.71. The van der Waals surface area contributed by atoms with Crippen molar-refractivity contribution in [3.8, 4) is 11.4 Å². The molecule has 0 aliphatic rings. The third kappa shape index (κ3) is 3.72. The summed E-state index contributed by atoms with van der Waals surface area (Å²) in [4.78, 5) is 17.3. The van der Waals surface area contributed by atoms with Gasteiger partial charge in [0.1, 0.15) is 5.82 Å². The van der Waals surface area contributed by atoms with Gasteiger partial charge in [-0.2, -0.15) is 0 Å². The number of hydrogen-bond donors (Lipinski definition) is 0. The predicted molar refractivity (Wildman–Crippen MR) is 109 cm³/mol. The number of halogens is 1. The molecule has 0 amide bonds. The van der Waals surface area contributed by atoms with E-state index in [1.54, 1.807) is 24.4 Å². The molecule has 3 aromatic heterocycles. The van der Waals surface area contributed by atoms with Gasteiger partial charge in [0.25, 0.3) is 5.56 Å². The van der Waals surface area contributed by atoms with E-state index >= 15 is 0 Å². The molecule has 4 aromatic rings. The lowest BCUT2D eigenvalue weighted by Crippen LogP contribution is -2.13. The molecule has 0 unspecified atom stereocenters. The summed E-state index contributed by atoms with van der Waals surface area (Å²) in [6.45, 7) is 4.85. The van der Waals surface area contributed by atoms with Crippen LogP contribution < -0.4 is 5.56 Å². The van der Waals surface area contributed by atoms with Crippen molar-refractivity contribution in [3.05, 3.63) is 63.8 Å². The fourth-order valence-electron chi connectivity index (χ4n) is 2.87. The van der Waals surface area contributed by atoms with E-state index in [9.17, 15) is 9.18 Å². The van der Waals surface area contributed by atoms with Gasteiger partial charge in [-0.05, 0) is 18.1 Å². The molecule has 0 spiro atoms. The molecule has 0 N–H and O–H groups in total.